The molecule has 0 aliphatic carbocycles. The summed E-state index contributed by atoms with van der Waals surface area (Å²) in [7, 11) is 0. The first-order chi connectivity index (χ1) is 14.8. The highest BCUT2D eigenvalue weighted by molar-refractivity contribution is 5.89. The van der Waals surface area contributed by atoms with E-state index in [1.807, 2.05) is 24.3 Å². The Bertz CT molecular complexity index is 826. The Morgan fingerprint density at radius 3 is 1.22 bits per heavy atom. The molecule has 6 nitrogen and oxygen atoms in total. The Kier molecular flexibility index (Phi) is 8.21. The van der Waals surface area contributed by atoms with Gasteiger partial charge in [0.15, 0.2) is 0 Å². The molecule has 0 saturated heterocycles. The van der Waals surface area contributed by atoms with Gasteiger partial charge in [0.1, 0.15) is 0 Å². The number of hydrogen-bond donors (Lipinski definition) is 0. The van der Waals surface area contributed by atoms with Gasteiger partial charge in [-0.05, 0) is 53.1 Å². The van der Waals surface area contributed by atoms with Gasteiger partial charge in [-0.15, -0.1) is 9.78 Å². The zero-order chi connectivity index (χ0) is 24.1. The number of rotatable bonds is 7. The van der Waals surface area contributed by atoms with Crippen LogP contribution >= 0.6 is 0 Å². The molecule has 0 aliphatic rings. The van der Waals surface area contributed by atoms with Gasteiger partial charge in [-0.2, -0.15) is 0 Å². The molecule has 172 valence electrons. The topological polar surface area (TPSA) is 71.1 Å². The first kappa shape index (κ1) is 25.6. The SMILES string of the molecule is [CH2]C(C)[C](OOC(=O)c1ccc(C(C)(C)C)cc1)OOC(=O)c1ccc(C(C)(C)C)cc1. The summed E-state index contributed by atoms with van der Waals surface area (Å²) in [6.45, 7) is 17.9. The van der Waals surface area contributed by atoms with Crippen LogP contribution in [0.3, 0.4) is 0 Å². The van der Waals surface area contributed by atoms with Crippen molar-refractivity contribution in [2.24, 2.45) is 5.92 Å². The summed E-state index contributed by atoms with van der Waals surface area (Å²) in [4.78, 5) is 44.1. The molecule has 6 heteroatoms. The smallest absolute Gasteiger partial charge is 0.289 e. The molecule has 2 aromatic carbocycles. The van der Waals surface area contributed by atoms with Crippen LogP contribution in [0.25, 0.3) is 0 Å². The van der Waals surface area contributed by atoms with Crippen LogP contribution in [-0.4, -0.2) is 11.9 Å². The lowest BCUT2D eigenvalue weighted by molar-refractivity contribution is -0.369. The molecule has 2 rings (SSSR count). The van der Waals surface area contributed by atoms with Crippen LogP contribution in [0.2, 0.25) is 0 Å². The molecule has 0 aromatic heterocycles. The van der Waals surface area contributed by atoms with Crippen molar-refractivity contribution in [3.63, 3.8) is 0 Å². The van der Waals surface area contributed by atoms with Crippen molar-refractivity contribution >= 4 is 11.9 Å². The average molecular weight is 441 g/mol. The predicted molar refractivity (Wildman–Crippen MR) is 121 cm³/mol. The molecular weight excluding hydrogens is 408 g/mol. The number of carbonyl (C=O) groups excluding carboxylic acids is 2. The molecule has 0 fully saturated rings. The summed E-state index contributed by atoms with van der Waals surface area (Å²) in [5.74, 6) is -2.00. The standard InChI is InChI=1S/C26H32O6/c1-17(2)24(31-29-22(27)18-9-13-20(14-10-18)25(3,4)5)32-30-23(28)19-11-15-21(16-12-19)26(6,7)8/h9-17H,1H2,2-8H3. The van der Waals surface area contributed by atoms with Crippen LogP contribution in [0, 0.1) is 19.1 Å². The maximum atomic E-state index is 12.3. The van der Waals surface area contributed by atoms with Gasteiger partial charge in [0.25, 0.3) is 0 Å². The van der Waals surface area contributed by atoms with Crippen LogP contribution in [0.5, 0.6) is 0 Å². The minimum Gasteiger partial charge on any atom is -0.289 e. The average Bonchev–Trinajstić information content (AvgIpc) is 2.72. The van der Waals surface area contributed by atoms with E-state index in [0.29, 0.717) is 11.1 Å². The van der Waals surface area contributed by atoms with Gasteiger partial charge in [-0.25, -0.2) is 9.59 Å². The zero-order valence-electron chi connectivity index (χ0n) is 19.9. The van der Waals surface area contributed by atoms with Crippen molar-refractivity contribution in [3.05, 3.63) is 84.0 Å². The third-order valence-corrected chi connectivity index (χ3v) is 4.77. The fourth-order valence-corrected chi connectivity index (χ4v) is 2.64. The summed E-state index contributed by atoms with van der Waals surface area (Å²) in [6, 6.07) is 14.0. The Morgan fingerprint density at radius 1 is 0.656 bits per heavy atom. The molecule has 32 heavy (non-hydrogen) atoms. The van der Waals surface area contributed by atoms with Crippen LogP contribution in [0.15, 0.2) is 48.5 Å². The van der Waals surface area contributed by atoms with Gasteiger partial charge in [0.2, 0.25) is 0 Å². The quantitative estimate of drug-likeness (QED) is 0.382. The highest BCUT2D eigenvalue weighted by Crippen LogP contribution is 2.24. The number of carbonyl (C=O) groups is 2. The monoisotopic (exact) mass is 440 g/mol. The molecule has 1 unspecified atom stereocenters. The van der Waals surface area contributed by atoms with E-state index in [1.54, 1.807) is 31.2 Å². The molecule has 0 spiro atoms. The molecule has 0 N–H and O–H groups in total. The van der Waals surface area contributed by atoms with Crippen molar-refractivity contribution < 1.29 is 29.1 Å². The van der Waals surface area contributed by atoms with E-state index in [2.05, 4.69) is 48.5 Å². The molecule has 1 atom stereocenters. The zero-order valence-corrected chi connectivity index (χ0v) is 19.9. The fourth-order valence-electron chi connectivity index (χ4n) is 2.64. The lowest BCUT2D eigenvalue weighted by atomic mass is 9.87. The molecule has 0 saturated carbocycles. The molecule has 0 aliphatic heterocycles. The Labute approximate surface area is 190 Å². The van der Waals surface area contributed by atoms with Crippen LogP contribution in [-0.2, 0) is 30.4 Å². The first-order valence-electron chi connectivity index (χ1n) is 10.5. The van der Waals surface area contributed by atoms with Gasteiger partial charge < -0.3 is 0 Å². The third-order valence-electron chi connectivity index (χ3n) is 4.77. The normalized spacial score (nSPS) is 12.2. The van der Waals surface area contributed by atoms with Gasteiger partial charge >= 0.3 is 18.2 Å². The molecule has 0 heterocycles. The van der Waals surface area contributed by atoms with Gasteiger partial charge in [0.05, 0.1) is 11.1 Å². The van der Waals surface area contributed by atoms with Gasteiger partial charge in [-0.3, -0.25) is 9.78 Å². The highest BCUT2D eigenvalue weighted by Gasteiger charge is 2.26. The summed E-state index contributed by atoms with van der Waals surface area (Å²) < 4.78 is 0. The second kappa shape index (κ2) is 10.3. The van der Waals surface area contributed by atoms with Crippen LogP contribution in [0.4, 0.5) is 0 Å². The van der Waals surface area contributed by atoms with E-state index in [4.69, 9.17) is 19.6 Å². The van der Waals surface area contributed by atoms with E-state index in [0.717, 1.165) is 11.1 Å². The first-order valence-corrected chi connectivity index (χ1v) is 10.5. The minimum absolute atomic E-state index is 0.0338. The number of benzene rings is 2. The molecule has 0 amide bonds. The Balaban J connectivity index is 1.92. The van der Waals surface area contributed by atoms with Crippen molar-refractivity contribution in [2.75, 3.05) is 0 Å². The molecular formula is C26H32O6. The molecule has 0 bridgehead atoms. The molecule has 2 radical (unpaired) electrons. The van der Waals surface area contributed by atoms with Crippen molar-refractivity contribution in [1.82, 2.24) is 0 Å². The van der Waals surface area contributed by atoms with Gasteiger partial charge in [-0.1, -0.05) is 72.7 Å². The lowest BCUT2D eigenvalue weighted by Crippen LogP contribution is -2.20. The van der Waals surface area contributed by atoms with E-state index < -0.39 is 17.9 Å². The maximum absolute atomic E-state index is 12.3. The van der Waals surface area contributed by atoms with Crippen molar-refractivity contribution in [2.45, 2.75) is 59.3 Å². The Hall–Kier alpha value is -2.70. The molecule has 2 aromatic rings. The summed E-state index contributed by atoms with van der Waals surface area (Å²) in [5, 5.41) is 0. The Morgan fingerprint density at radius 2 is 0.969 bits per heavy atom. The summed E-state index contributed by atoms with van der Waals surface area (Å²) in [5.41, 5.74) is 2.72. The second-order valence-corrected chi connectivity index (χ2v) is 9.78. The van der Waals surface area contributed by atoms with E-state index in [-0.39, 0.29) is 17.1 Å². The van der Waals surface area contributed by atoms with E-state index >= 15 is 0 Å². The highest BCUT2D eigenvalue weighted by atomic mass is 17.3. The summed E-state index contributed by atoms with van der Waals surface area (Å²) >= 11 is 0. The maximum Gasteiger partial charge on any atom is 0.373 e. The van der Waals surface area contributed by atoms with Crippen LogP contribution < -0.4 is 0 Å². The third kappa shape index (κ3) is 7.18. The number of hydrogen-bond acceptors (Lipinski definition) is 6. The summed E-state index contributed by atoms with van der Waals surface area (Å²) in [6.07, 6.45) is -0.260. The second-order valence-electron chi connectivity index (χ2n) is 9.78. The van der Waals surface area contributed by atoms with E-state index in [9.17, 15) is 9.59 Å². The lowest BCUT2D eigenvalue weighted by Gasteiger charge is -2.19. The van der Waals surface area contributed by atoms with E-state index in [1.165, 1.54) is 0 Å². The van der Waals surface area contributed by atoms with Crippen LogP contribution in [0.1, 0.15) is 80.3 Å². The van der Waals surface area contributed by atoms with Crippen molar-refractivity contribution in [1.29, 1.82) is 0 Å². The minimum atomic E-state index is -0.712. The van der Waals surface area contributed by atoms with Gasteiger partial charge in [0, 0.05) is 5.92 Å². The largest absolute Gasteiger partial charge is 0.373 e. The van der Waals surface area contributed by atoms with Crippen molar-refractivity contribution in [3.8, 4) is 0 Å². The predicted octanol–water partition coefficient (Wildman–Crippen LogP) is 6.12. The fraction of sp³-hybridized carbons (Fsp3) is 0.385.